The van der Waals surface area contributed by atoms with Gasteiger partial charge in [0.1, 0.15) is 0 Å². The highest BCUT2D eigenvalue weighted by Gasteiger charge is 2.28. The van der Waals surface area contributed by atoms with Gasteiger partial charge in [-0.15, -0.1) is 10.2 Å². The lowest BCUT2D eigenvalue weighted by molar-refractivity contribution is -0.139. The molecule has 1 aliphatic rings. The van der Waals surface area contributed by atoms with E-state index in [0.717, 1.165) is 19.3 Å². The maximum Gasteiger partial charge on any atom is 0.316 e. The van der Waals surface area contributed by atoms with Crippen molar-refractivity contribution < 1.29 is 14.3 Å². The molecule has 9 heteroatoms. The maximum absolute atomic E-state index is 12.0. The van der Waals surface area contributed by atoms with Crippen LogP contribution in [0.3, 0.4) is 0 Å². The minimum absolute atomic E-state index is 0.0421. The third-order valence-electron chi connectivity index (χ3n) is 3.10. The Morgan fingerprint density at radius 3 is 2.95 bits per heavy atom. The molecular weight excluding hydrogens is 312 g/mol. The lowest BCUT2D eigenvalue weighted by atomic mass is 10.1. The molecule has 2 rings (SSSR count). The van der Waals surface area contributed by atoms with E-state index in [-0.39, 0.29) is 29.6 Å². The topological polar surface area (TPSA) is 107 Å². The van der Waals surface area contributed by atoms with Crippen molar-refractivity contribution in [1.82, 2.24) is 10.2 Å². The van der Waals surface area contributed by atoms with Crippen LogP contribution in [0.25, 0.3) is 0 Å². The number of hydrogen-bond donors (Lipinski definition) is 2. The average molecular weight is 330 g/mol. The largest absolute Gasteiger partial charge is 0.465 e. The molecule has 7 nitrogen and oxygen atoms in total. The third kappa shape index (κ3) is 4.94. The first-order valence-corrected chi connectivity index (χ1v) is 8.57. The summed E-state index contributed by atoms with van der Waals surface area (Å²) in [5, 5.41) is 11.0. The zero-order valence-corrected chi connectivity index (χ0v) is 13.3. The lowest BCUT2D eigenvalue weighted by Gasteiger charge is -2.07. The second kappa shape index (κ2) is 7.71. The van der Waals surface area contributed by atoms with E-state index in [1.54, 1.807) is 6.92 Å². The molecule has 1 aliphatic carbocycles. The number of hydrogen-bond acceptors (Lipinski definition) is 8. The predicted octanol–water partition coefficient (Wildman–Crippen LogP) is 1.26. The minimum Gasteiger partial charge on any atom is -0.465 e. The van der Waals surface area contributed by atoms with Crippen molar-refractivity contribution in [1.29, 1.82) is 0 Å². The number of esters is 1. The highest BCUT2D eigenvalue weighted by molar-refractivity contribution is 8.01. The number of nitrogens with one attached hydrogen (secondary N) is 1. The van der Waals surface area contributed by atoms with Crippen LogP contribution in [0.4, 0.5) is 5.13 Å². The molecule has 116 valence electrons. The molecule has 0 aliphatic heterocycles. The molecule has 0 saturated heterocycles. The van der Waals surface area contributed by atoms with Crippen LogP contribution in [0.15, 0.2) is 4.34 Å². The number of ether oxygens (including phenoxy) is 1. The summed E-state index contributed by atoms with van der Waals surface area (Å²) < 4.78 is 5.45. The van der Waals surface area contributed by atoms with Gasteiger partial charge < -0.3 is 15.8 Å². The first kappa shape index (κ1) is 16.2. The SMILES string of the molecule is CCOC(=O)CSc1nnc(NC(=O)C2CCC(N)C2)s1. The van der Waals surface area contributed by atoms with E-state index in [2.05, 4.69) is 15.5 Å². The van der Waals surface area contributed by atoms with Gasteiger partial charge in [0, 0.05) is 12.0 Å². The fourth-order valence-electron chi connectivity index (χ4n) is 2.10. The van der Waals surface area contributed by atoms with Gasteiger partial charge in [-0.05, 0) is 26.2 Å². The molecular formula is C12H18N4O3S2. The van der Waals surface area contributed by atoms with Gasteiger partial charge in [0.25, 0.3) is 0 Å². The second-order valence-corrected chi connectivity index (χ2v) is 6.93. The Balaban J connectivity index is 1.80. The molecule has 1 heterocycles. The minimum atomic E-state index is -0.289. The summed E-state index contributed by atoms with van der Waals surface area (Å²) in [4.78, 5) is 23.2. The molecule has 1 fully saturated rings. The summed E-state index contributed by atoms with van der Waals surface area (Å²) in [6, 6.07) is 0.117. The van der Waals surface area contributed by atoms with E-state index in [9.17, 15) is 9.59 Å². The number of thioether (sulfide) groups is 1. The van der Waals surface area contributed by atoms with E-state index in [1.165, 1.54) is 23.1 Å². The van der Waals surface area contributed by atoms with Crippen LogP contribution in [0.5, 0.6) is 0 Å². The van der Waals surface area contributed by atoms with Crippen molar-refractivity contribution in [2.75, 3.05) is 17.7 Å². The van der Waals surface area contributed by atoms with Crippen molar-refractivity contribution in [3.63, 3.8) is 0 Å². The molecule has 2 atom stereocenters. The number of anilines is 1. The zero-order valence-electron chi connectivity index (χ0n) is 11.7. The van der Waals surface area contributed by atoms with Crippen molar-refractivity contribution >= 4 is 40.1 Å². The normalized spacial score (nSPS) is 21.2. The molecule has 1 aromatic heterocycles. The highest BCUT2D eigenvalue weighted by Crippen LogP contribution is 2.28. The Kier molecular flexibility index (Phi) is 5.95. The Labute approximate surface area is 131 Å². The average Bonchev–Trinajstić information content (AvgIpc) is 3.06. The van der Waals surface area contributed by atoms with Crippen LogP contribution in [0.2, 0.25) is 0 Å². The van der Waals surface area contributed by atoms with E-state index >= 15 is 0 Å². The summed E-state index contributed by atoms with van der Waals surface area (Å²) in [5.41, 5.74) is 5.80. The molecule has 0 radical (unpaired) electrons. The first-order valence-electron chi connectivity index (χ1n) is 6.76. The van der Waals surface area contributed by atoms with Crippen LogP contribution in [-0.2, 0) is 14.3 Å². The quantitative estimate of drug-likeness (QED) is 0.459. The summed E-state index contributed by atoms with van der Waals surface area (Å²) in [5.74, 6) is -0.197. The van der Waals surface area contributed by atoms with Crippen LogP contribution < -0.4 is 11.1 Å². The standard InChI is InChI=1S/C12H18N4O3S2/c1-2-19-9(17)6-20-12-16-15-11(21-12)14-10(18)7-3-4-8(13)5-7/h7-8H,2-6,13H2,1H3,(H,14,15,18). The van der Waals surface area contributed by atoms with E-state index in [0.29, 0.717) is 16.1 Å². The smallest absolute Gasteiger partial charge is 0.316 e. The van der Waals surface area contributed by atoms with E-state index in [1.807, 2.05) is 0 Å². The Bertz CT molecular complexity index is 508. The van der Waals surface area contributed by atoms with Gasteiger partial charge in [-0.25, -0.2) is 0 Å². The maximum atomic E-state index is 12.0. The number of carbonyl (C=O) groups is 2. The number of carbonyl (C=O) groups excluding carboxylic acids is 2. The van der Waals surface area contributed by atoms with Crippen molar-refractivity contribution in [3.8, 4) is 0 Å². The van der Waals surface area contributed by atoms with Crippen molar-refractivity contribution in [3.05, 3.63) is 0 Å². The molecule has 2 unspecified atom stereocenters. The van der Waals surface area contributed by atoms with Crippen LogP contribution in [-0.4, -0.2) is 40.5 Å². The van der Waals surface area contributed by atoms with E-state index < -0.39 is 0 Å². The fraction of sp³-hybridized carbons (Fsp3) is 0.667. The fourth-order valence-corrected chi connectivity index (χ4v) is 3.66. The number of amides is 1. The van der Waals surface area contributed by atoms with Crippen molar-refractivity contribution in [2.45, 2.75) is 36.6 Å². The second-order valence-electron chi connectivity index (χ2n) is 4.73. The summed E-state index contributed by atoms with van der Waals surface area (Å²) in [7, 11) is 0. The number of nitrogens with two attached hydrogens (primary N) is 1. The van der Waals surface area contributed by atoms with E-state index in [4.69, 9.17) is 10.5 Å². The van der Waals surface area contributed by atoms with Gasteiger partial charge in [0.2, 0.25) is 11.0 Å². The summed E-state index contributed by atoms with van der Waals surface area (Å²) in [6.45, 7) is 2.12. The summed E-state index contributed by atoms with van der Waals surface area (Å²) >= 11 is 2.50. The predicted molar refractivity (Wildman–Crippen MR) is 81.2 cm³/mol. The summed E-state index contributed by atoms with van der Waals surface area (Å²) in [6.07, 6.45) is 2.42. The molecule has 1 saturated carbocycles. The van der Waals surface area contributed by atoms with Crippen LogP contribution >= 0.6 is 23.1 Å². The lowest BCUT2D eigenvalue weighted by Crippen LogP contribution is -2.23. The Hall–Kier alpha value is -1.19. The number of rotatable bonds is 6. The number of nitrogens with zero attached hydrogens (tertiary/aromatic N) is 2. The molecule has 3 N–H and O–H groups in total. The monoisotopic (exact) mass is 330 g/mol. The number of aromatic nitrogens is 2. The first-order chi connectivity index (χ1) is 10.1. The van der Waals surface area contributed by atoms with Gasteiger partial charge in [-0.3, -0.25) is 9.59 Å². The third-order valence-corrected chi connectivity index (χ3v) is 5.04. The van der Waals surface area contributed by atoms with Crippen LogP contribution in [0, 0.1) is 5.92 Å². The van der Waals surface area contributed by atoms with Gasteiger partial charge in [-0.2, -0.15) is 0 Å². The zero-order chi connectivity index (χ0) is 15.2. The molecule has 1 amide bonds. The van der Waals surface area contributed by atoms with Crippen LogP contribution in [0.1, 0.15) is 26.2 Å². The van der Waals surface area contributed by atoms with Gasteiger partial charge in [0.05, 0.1) is 12.4 Å². The molecule has 0 spiro atoms. The van der Waals surface area contributed by atoms with Gasteiger partial charge in [0.15, 0.2) is 4.34 Å². The van der Waals surface area contributed by atoms with Gasteiger partial charge in [-0.1, -0.05) is 23.1 Å². The molecule has 21 heavy (non-hydrogen) atoms. The van der Waals surface area contributed by atoms with Crippen molar-refractivity contribution in [2.24, 2.45) is 11.7 Å². The molecule has 1 aromatic rings. The Morgan fingerprint density at radius 2 is 2.29 bits per heavy atom. The highest BCUT2D eigenvalue weighted by atomic mass is 32.2. The van der Waals surface area contributed by atoms with Gasteiger partial charge >= 0.3 is 5.97 Å². The molecule has 0 bridgehead atoms. The molecule has 0 aromatic carbocycles. The Morgan fingerprint density at radius 1 is 1.48 bits per heavy atom.